The number of likely N-dealkylation sites (tertiary alicyclic amines) is 3. The lowest BCUT2D eigenvalue weighted by Gasteiger charge is -2.42. The van der Waals surface area contributed by atoms with Crippen LogP contribution in [0.5, 0.6) is 0 Å². The summed E-state index contributed by atoms with van der Waals surface area (Å²) >= 11 is 14.1. The van der Waals surface area contributed by atoms with Crippen LogP contribution in [0, 0.1) is 86.9 Å². The zero-order chi connectivity index (χ0) is 84.6. The Hall–Kier alpha value is -8.04. The Bertz CT molecular complexity index is 4940. The number of nitrogens with one attached hydrogen (secondary N) is 5. The van der Waals surface area contributed by atoms with Crippen molar-refractivity contribution in [3.8, 4) is 18.2 Å². The molecule has 5 saturated heterocycles. The molecule has 11 aliphatic rings. The van der Waals surface area contributed by atoms with Crippen LogP contribution in [0.15, 0.2) is 127 Å². The lowest BCUT2D eigenvalue weighted by molar-refractivity contribution is 0.0179. The first-order chi connectivity index (χ1) is 58.5. The molecule has 6 amide bonds. The molecular weight excluding hydrogens is 1620 g/mol. The van der Waals surface area contributed by atoms with E-state index in [1.807, 2.05) is 47.4 Å². The van der Waals surface area contributed by atoms with Crippen LogP contribution in [0.4, 0.5) is 49.0 Å². The molecule has 20 nitrogen and oxygen atoms in total. The van der Waals surface area contributed by atoms with Crippen molar-refractivity contribution in [1.82, 2.24) is 38.8 Å². The zero-order valence-electron chi connectivity index (χ0n) is 69.0. The third-order valence-electron chi connectivity index (χ3n) is 28.6. The van der Waals surface area contributed by atoms with E-state index < -0.39 is 33.5 Å². The standard InChI is InChI=1S/C32H38ClFN4O2.C31H36ClFN4OS.C30H38F2N6O3S/c33-29-18-26(4-5-30(29)34)36-31(39)38(21-22-7-12-37(13-8-22)27-9-14-40-15-10-27)28-6-11-32(19-25(32)17-28)24-3-1-2-23(16-24)20-35;32-28-16-25(4-5-29(28)33)35-30(38)37(19-21-7-11-36(12-8-21)27-9-13-39-20-27)26-6-10-31(17-24(31)15-26)23-3-1-2-22(14-23)18-34;1-2-34-42(40,41)36-25-10-14-37(20-25)12-4-13-38(29(39)35-24-7-8-27(31)28(32)17-24)26-9-11-30(18-23(30)16-26)22-6-3-5-21(15-22)19-33/h1-5,16,18,22,25,27-28H,6-15,17,19,21H2,(H,36,39);1-5,14,16,21,24,26-27H,6-13,15,17,19-20H2,(H,35,38);3,5-8,15,17,23,25-26,34,36H,2,4,9-14,16,18,20H2,1H3,(H,35,39)/t25?,28-,32+;24?,26-,27?,31+;23?,25?,26-,30-/m001/s1. The molecule has 6 aromatic rings. The van der Waals surface area contributed by atoms with Gasteiger partial charge in [0.1, 0.15) is 11.6 Å². The van der Waals surface area contributed by atoms with Crippen LogP contribution < -0.4 is 25.4 Å². The second-order valence-electron chi connectivity index (χ2n) is 35.8. The lowest BCUT2D eigenvalue weighted by Crippen LogP contribution is -2.50. The number of carbonyl (C=O) groups excluding carboxylic acids is 3. The van der Waals surface area contributed by atoms with Crippen LogP contribution in [0.2, 0.25) is 10.0 Å². The number of amides is 6. The largest absolute Gasteiger partial charge is 0.381 e. The smallest absolute Gasteiger partial charge is 0.322 e. The first kappa shape index (κ1) is 87.8. The van der Waals surface area contributed by atoms with E-state index >= 15 is 0 Å². The van der Waals surface area contributed by atoms with Gasteiger partial charge in [0.25, 0.3) is 10.2 Å². The SMILES string of the molecule is CCNS(=O)(=O)NC1CCN(CCCN(C(=O)Nc2ccc(F)c(F)c2)[C@@H]2CC[C@]3(c4cccc(C#N)c4)CC3C2)C1.N#Cc1cccc([C@]23CC[C@H](N(CC4CCN(C5CCOCC5)CC4)C(=O)Nc4ccc(F)c(Cl)c4)CC2C3)c1.N#Cc1cccc([C@]23CC[C@H](N(CC4CCN(C5CCSC5)CC4)C(=O)Nc4ccc(F)c(Cl)c4)CC2C3)c1. The molecule has 6 saturated carbocycles. The minimum Gasteiger partial charge on any atom is -0.381 e. The molecule has 0 bridgehead atoms. The number of hydrogen-bond acceptors (Lipinski definition) is 13. The highest BCUT2D eigenvalue weighted by atomic mass is 35.5. The summed E-state index contributed by atoms with van der Waals surface area (Å²) in [6, 6.07) is 43.7. The fourth-order valence-corrected chi connectivity index (χ4v) is 24.4. The summed E-state index contributed by atoms with van der Waals surface area (Å²) in [7, 11) is -3.52. The van der Waals surface area contributed by atoms with Crippen molar-refractivity contribution < 1.29 is 45.1 Å². The van der Waals surface area contributed by atoms with Gasteiger partial charge in [0.2, 0.25) is 0 Å². The zero-order valence-corrected chi connectivity index (χ0v) is 72.1. The van der Waals surface area contributed by atoms with Gasteiger partial charge in [0, 0.05) is 111 Å². The van der Waals surface area contributed by atoms with Gasteiger partial charge in [-0.25, -0.2) is 36.7 Å². The maximum atomic E-state index is 13.8. The van der Waals surface area contributed by atoms with Crippen molar-refractivity contribution in [2.75, 3.05) is 113 Å². The second kappa shape index (κ2) is 39.0. The highest BCUT2D eigenvalue weighted by molar-refractivity contribution is 7.99. The van der Waals surface area contributed by atoms with Crippen molar-refractivity contribution in [3.05, 3.63) is 194 Å². The molecule has 17 rings (SSSR count). The molecule has 5 aliphatic heterocycles. The molecule has 0 spiro atoms. The Morgan fingerprint density at radius 3 is 1.39 bits per heavy atom. The van der Waals surface area contributed by atoms with Gasteiger partial charge in [-0.15, -0.1) is 0 Å². The Kier molecular flexibility index (Phi) is 28.3. The van der Waals surface area contributed by atoms with Gasteiger partial charge >= 0.3 is 18.1 Å². The van der Waals surface area contributed by atoms with E-state index in [1.165, 1.54) is 64.9 Å². The van der Waals surface area contributed by atoms with Crippen molar-refractivity contribution in [2.24, 2.45) is 29.6 Å². The third kappa shape index (κ3) is 21.2. The van der Waals surface area contributed by atoms with Crippen LogP contribution in [0.1, 0.15) is 175 Å². The summed E-state index contributed by atoms with van der Waals surface area (Å²) in [5.41, 5.74) is 7.41. The monoisotopic (exact) mass is 1730 g/mol. The number of hydrogen-bond donors (Lipinski definition) is 5. The predicted octanol–water partition coefficient (Wildman–Crippen LogP) is 17.6. The molecule has 0 aromatic heterocycles. The molecule has 28 heteroatoms. The third-order valence-corrected chi connectivity index (χ3v) is 31.6. The van der Waals surface area contributed by atoms with Crippen LogP contribution >= 0.6 is 35.0 Å². The first-order valence-corrected chi connectivity index (χ1v) is 47.1. The number of anilines is 3. The minimum atomic E-state index is -3.52. The summed E-state index contributed by atoms with van der Waals surface area (Å²) in [6.45, 7) is 12.2. The molecule has 5 heterocycles. The molecule has 5 N–H and O–H groups in total. The Balaban J connectivity index is 0.000000141. The number of nitrogens with zero attached hydrogens (tertiary/aromatic N) is 9. The van der Waals surface area contributed by atoms with E-state index in [1.54, 1.807) is 19.1 Å². The summed E-state index contributed by atoms with van der Waals surface area (Å²) in [5, 5.41) is 37.0. The number of piperidine rings is 2. The van der Waals surface area contributed by atoms with Crippen LogP contribution in [-0.4, -0.2) is 189 Å². The van der Waals surface area contributed by atoms with Crippen molar-refractivity contribution in [1.29, 1.82) is 15.8 Å². The van der Waals surface area contributed by atoms with Crippen LogP contribution in [0.3, 0.4) is 0 Å². The number of nitriles is 3. The fourth-order valence-electron chi connectivity index (χ4n) is 21.7. The summed E-state index contributed by atoms with van der Waals surface area (Å²) in [5.74, 6) is 1.95. The number of halogens is 6. The normalized spacial score (nSPS) is 27.2. The van der Waals surface area contributed by atoms with Crippen LogP contribution in [0.25, 0.3) is 0 Å². The van der Waals surface area contributed by atoms with Crippen molar-refractivity contribution in [2.45, 2.75) is 194 Å². The molecule has 644 valence electrons. The molecule has 11 atom stereocenters. The molecule has 6 aliphatic carbocycles. The van der Waals surface area contributed by atoms with E-state index in [2.05, 4.69) is 110 Å². The first-order valence-electron chi connectivity index (χ1n) is 43.8. The molecule has 5 unspecified atom stereocenters. The average Bonchev–Trinajstić information content (AvgIpc) is 1.56. The number of ether oxygens (including phenoxy) is 1. The summed E-state index contributed by atoms with van der Waals surface area (Å²) < 4.78 is 89.6. The van der Waals surface area contributed by atoms with E-state index in [4.69, 9.17) is 27.9 Å². The predicted molar refractivity (Wildman–Crippen MR) is 465 cm³/mol. The minimum absolute atomic E-state index is 0.00450. The summed E-state index contributed by atoms with van der Waals surface area (Å²) in [6.07, 6.45) is 21.0. The quantitative estimate of drug-likeness (QED) is 0.0375. The number of benzene rings is 6. The number of urea groups is 3. The van der Waals surface area contributed by atoms with Crippen molar-refractivity contribution >= 4 is 80.3 Å². The van der Waals surface area contributed by atoms with Gasteiger partial charge in [-0.05, 0) is 327 Å². The van der Waals surface area contributed by atoms with Gasteiger partial charge in [0.15, 0.2) is 11.6 Å². The number of thioether (sulfide) groups is 1. The average molecular weight is 1730 g/mol. The van der Waals surface area contributed by atoms with Gasteiger partial charge in [-0.2, -0.15) is 40.7 Å². The van der Waals surface area contributed by atoms with Gasteiger partial charge in [-0.3, -0.25) is 4.90 Å². The topological polar surface area (TPSA) is 246 Å². The van der Waals surface area contributed by atoms with Gasteiger partial charge < -0.3 is 45.2 Å². The maximum absolute atomic E-state index is 13.8. The lowest BCUT2D eigenvalue weighted by atomic mass is 9.79. The number of rotatable bonds is 23. The Morgan fingerprint density at radius 2 is 0.967 bits per heavy atom. The maximum Gasteiger partial charge on any atom is 0.322 e. The van der Waals surface area contributed by atoms with Crippen LogP contribution in [-0.2, 0) is 31.2 Å². The molecule has 6 aromatic carbocycles. The van der Waals surface area contributed by atoms with Gasteiger partial charge in [0.05, 0.1) is 44.9 Å². The molecule has 121 heavy (non-hydrogen) atoms. The van der Waals surface area contributed by atoms with Crippen molar-refractivity contribution in [3.63, 3.8) is 0 Å². The Labute approximate surface area is 724 Å². The number of carbonyl (C=O) groups is 3. The van der Waals surface area contributed by atoms with Gasteiger partial charge in [-0.1, -0.05) is 66.5 Å². The van der Waals surface area contributed by atoms with E-state index in [9.17, 15) is 56.1 Å². The summed E-state index contributed by atoms with van der Waals surface area (Å²) in [4.78, 5) is 54.5. The van der Waals surface area contributed by atoms with E-state index in [0.717, 1.165) is 198 Å². The molecule has 0 radical (unpaired) electrons. The van der Waals surface area contributed by atoms with E-state index in [-0.39, 0.29) is 74.2 Å². The second-order valence-corrected chi connectivity index (χ2v) is 39.3. The molecule has 11 fully saturated rings. The highest BCUT2D eigenvalue weighted by Gasteiger charge is 2.61. The Morgan fingerprint density at radius 1 is 0.529 bits per heavy atom. The highest BCUT2D eigenvalue weighted by Crippen LogP contribution is 2.65. The fraction of sp³-hybridized carbons (Fsp3) is 0.548. The van der Waals surface area contributed by atoms with E-state index in [0.29, 0.717) is 97.2 Å². The molecular formula is C93H112Cl2F4N14O6S2. The number of fused-ring (bicyclic) bond motifs is 3.